The van der Waals surface area contributed by atoms with Crippen LogP contribution in [0.25, 0.3) is 0 Å². The first-order valence-corrected chi connectivity index (χ1v) is 5.53. The fraction of sp³-hybridized carbons (Fsp3) is 0.364. The topological polar surface area (TPSA) is 29.1 Å². The third kappa shape index (κ3) is 5.05. The SMILES string of the molecule is CC.CNC(=O)Cc1ccc(Cl)c(Cl)c1. The maximum atomic E-state index is 11.0. The van der Waals surface area contributed by atoms with Crippen LogP contribution >= 0.6 is 23.2 Å². The lowest BCUT2D eigenvalue weighted by molar-refractivity contribution is -0.119. The van der Waals surface area contributed by atoms with Gasteiger partial charge in [0.05, 0.1) is 16.5 Å². The van der Waals surface area contributed by atoms with Crippen LogP contribution in [0.1, 0.15) is 19.4 Å². The molecule has 1 rings (SSSR count). The number of rotatable bonds is 2. The maximum Gasteiger partial charge on any atom is 0.224 e. The molecule has 0 aliphatic heterocycles. The van der Waals surface area contributed by atoms with E-state index in [9.17, 15) is 4.79 Å². The fourth-order valence-corrected chi connectivity index (χ4v) is 1.24. The number of amides is 1. The molecule has 1 amide bonds. The van der Waals surface area contributed by atoms with E-state index in [-0.39, 0.29) is 5.91 Å². The van der Waals surface area contributed by atoms with E-state index in [2.05, 4.69) is 5.32 Å². The number of benzene rings is 1. The second kappa shape index (κ2) is 7.55. The van der Waals surface area contributed by atoms with Crippen molar-refractivity contribution in [2.45, 2.75) is 20.3 Å². The molecule has 0 aromatic heterocycles. The second-order valence-corrected chi connectivity index (χ2v) is 3.41. The van der Waals surface area contributed by atoms with E-state index in [1.165, 1.54) is 0 Å². The Hall–Kier alpha value is -0.730. The fourth-order valence-electron chi connectivity index (χ4n) is 0.923. The van der Waals surface area contributed by atoms with Crippen LogP contribution in [0.3, 0.4) is 0 Å². The standard InChI is InChI=1S/C9H9Cl2NO.C2H6/c1-12-9(13)5-6-2-3-7(10)8(11)4-6;1-2/h2-4H,5H2,1H3,(H,12,13);1-2H3. The zero-order chi connectivity index (χ0) is 11.8. The van der Waals surface area contributed by atoms with Crippen LogP contribution < -0.4 is 5.32 Å². The molecule has 0 aliphatic rings. The summed E-state index contributed by atoms with van der Waals surface area (Å²) < 4.78 is 0. The minimum absolute atomic E-state index is 0.0432. The van der Waals surface area contributed by atoms with Gasteiger partial charge in [0.15, 0.2) is 0 Å². The van der Waals surface area contributed by atoms with Crippen molar-refractivity contribution in [3.8, 4) is 0 Å². The molecule has 0 saturated heterocycles. The second-order valence-electron chi connectivity index (χ2n) is 2.60. The average molecular weight is 248 g/mol. The predicted molar refractivity (Wildman–Crippen MR) is 65.6 cm³/mol. The summed E-state index contributed by atoms with van der Waals surface area (Å²) in [5.74, 6) is -0.0432. The zero-order valence-electron chi connectivity index (χ0n) is 9.10. The Morgan fingerprint density at radius 2 is 1.87 bits per heavy atom. The highest BCUT2D eigenvalue weighted by Gasteiger charge is 2.03. The summed E-state index contributed by atoms with van der Waals surface area (Å²) in [5.41, 5.74) is 0.855. The van der Waals surface area contributed by atoms with Crippen LogP contribution in [-0.2, 0) is 11.2 Å². The molecule has 2 nitrogen and oxygen atoms in total. The predicted octanol–water partition coefficient (Wildman–Crippen LogP) is 3.31. The minimum atomic E-state index is -0.0432. The van der Waals surface area contributed by atoms with E-state index >= 15 is 0 Å². The lowest BCUT2D eigenvalue weighted by atomic mass is 10.1. The maximum absolute atomic E-state index is 11.0. The smallest absolute Gasteiger partial charge is 0.224 e. The minimum Gasteiger partial charge on any atom is -0.359 e. The summed E-state index contributed by atoms with van der Waals surface area (Å²) in [6.45, 7) is 4.00. The van der Waals surface area contributed by atoms with Crippen LogP contribution in [0.5, 0.6) is 0 Å². The molecule has 0 heterocycles. The summed E-state index contributed by atoms with van der Waals surface area (Å²) in [4.78, 5) is 11.0. The zero-order valence-corrected chi connectivity index (χ0v) is 10.6. The Bertz CT molecular complexity index is 326. The van der Waals surface area contributed by atoms with E-state index < -0.39 is 0 Å². The van der Waals surface area contributed by atoms with Gasteiger partial charge < -0.3 is 5.32 Å². The first-order valence-electron chi connectivity index (χ1n) is 4.78. The third-order valence-corrected chi connectivity index (χ3v) is 2.37. The summed E-state index contributed by atoms with van der Waals surface area (Å²) in [7, 11) is 1.60. The van der Waals surface area contributed by atoms with Gasteiger partial charge in [0.2, 0.25) is 5.91 Å². The van der Waals surface area contributed by atoms with Gasteiger partial charge in [0, 0.05) is 7.05 Å². The van der Waals surface area contributed by atoms with Crippen LogP contribution in [0.4, 0.5) is 0 Å². The number of likely N-dealkylation sites (N-methyl/N-ethyl adjacent to an activating group) is 1. The number of carbonyl (C=O) groups is 1. The van der Waals surface area contributed by atoms with Crippen molar-refractivity contribution in [3.05, 3.63) is 33.8 Å². The van der Waals surface area contributed by atoms with Crippen molar-refractivity contribution in [1.82, 2.24) is 5.32 Å². The number of carbonyl (C=O) groups excluding carboxylic acids is 1. The lowest BCUT2D eigenvalue weighted by Crippen LogP contribution is -2.19. The first-order chi connectivity index (χ1) is 7.13. The quantitative estimate of drug-likeness (QED) is 0.854. The van der Waals surface area contributed by atoms with Crippen molar-refractivity contribution in [2.75, 3.05) is 7.05 Å². The van der Waals surface area contributed by atoms with Crippen molar-refractivity contribution >= 4 is 29.1 Å². The Kier molecular flexibility index (Phi) is 7.18. The molecule has 1 N–H and O–H groups in total. The molecule has 1 aromatic rings. The van der Waals surface area contributed by atoms with Crippen LogP contribution in [0.15, 0.2) is 18.2 Å². The van der Waals surface area contributed by atoms with Gasteiger partial charge in [-0.25, -0.2) is 0 Å². The van der Waals surface area contributed by atoms with Gasteiger partial charge in [0.25, 0.3) is 0 Å². The van der Waals surface area contributed by atoms with E-state index in [1.807, 2.05) is 13.8 Å². The molecule has 1 aromatic carbocycles. The monoisotopic (exact) mass is 247 g/mol. The number of hydrogen-bond donors (Lipinski definition) is 1. The highest BCUT2D eigenvalue weighted by Crippen LogP contribution is 2.22. The Balaban J connectivity index is 0.000000921. The van der Waals surface area contributed by atoms with E-state index in [0.717, 1.165) is 5.56 Å². The summed E-state index contributed by atoms with van der Waals surface area (Å²) in [6.07, 6.45) is 0.327. The van der Waals surface area contributed by atoms with Gasteiger partial charge in [0.1, 0.15) is 0 Å². The molecule has 0 spiro atoms. The summed E-state index contributed by atoms with van der Waals surface area (Å²) >= 11 is 11.5. The molecule has 15 heavy (non-hydrogen) atoms. The number of nitrogens with one attached hydrogen (secondary N) is 1. The largest absolute Gasteiger partial charge is 0.359 e. The Morgan fingerprint density at radius 3 is 2.33 bits per heavy atom. The first kappa shape index (κ1) is 14.3. The molecule has 0 fully saturated rings. The van der Waals surface area contributed by atoms with Gasteiger partial charge in [-0.1, -0.05) is 43.1 Å². The van der Waals surface area contributed by atoms with Crippen molar-refractivity contribution in [2.24, 2.45) is 0 Å². The highest BCUT2D eigenvalue weighted by atomic mass is 35.5. The molecular formula is C11H15Cl2NO. The van der Waals surface area contributed by atoms with Crippen LogP contribution in [0, 0.1) is 0 Å². The summed E-state index contributed by atoms with van der Waals surface area (Å²) in [5, 5.41) is 3.51. The normalized spacial score (nSPS) is 8.87. The van der Waals surface area contributed by atoms with Crippen molar-refractivity contribution in [1.29, 1.82) is 0 Å². The Labute approximate surface area is 101 Å². The summed E-state index contributed by atoms with van der Waals surface area (Å²) in [6, 6.07) is 5.16. The van der Waals surface area contributed by atoms with Crippen molar-refractivity contribution < 1.29 is 4.79 Å². The van der Waals surface area contributed by atoms with Crippen LogP contribution in [-0.4, -0.2) is 13.0 Å². The Morgan fingerprint density at radius 1 is 1.27 bits per heavy atom. The molecule has 0 saturated carbocycles. The number of hydrogen-bond acceptors (Lipinski definition) is 1. The number of halogens is 2. The molecule has 84 valence electrons. The average Bonchev–Trinajstić information content (AvgIpc) is 2.26. The van der Waals surface area contributed by atoms with Gasteiger partial charge >= 0.3 is 0 Å². The van der Waals surface area contributed by atoms with Gasteiger partial charge in [-0.3, -0.25) is 4.79 Å². The molecule has 0 bridgehead atoms. The van der Waals surface area contributed by atoms with Gasteiger partial charge in [-0.2, -0.15) is 0 Å². The molecule has 0 unspecified atom stereocenters. The van der Waals surface area contributed by atoms with E-state index in [1.54, 1.807) is 25.2 Å². The molecule has 0 aliphatic carbocycles. The van der Waals surface area contributed by atoms with Gasteiger partial charge in [-0.15, -0.1) is 0 Å². The molecule has 4 heteroatoms. The van der Waals surface area contributed by atoms with E-state index in [0.29, 0.717) is 16.5 Å². The highest BCUT2D eigenvalue weighted by molar-refractivity contribution is 6.42. The van der Waals surface area contributed by atoms with E-state index in [4.69, 9.17) is 23.2 Å². The molecule has 0 atom stereocenters. The van der Waals surface area contributed by atoms with Gasteiger partial charge in [-0.05, 0) is 17.7 Å². The lowest BCUT2D eigenvalue weighted by Gasteiger charge is -2.01. The molecular weight excluding hydrogens is 233 g/mol. The third-order valence-electron chi connectivity index (χ3n) is 1.63. The van der Waals surface area contributed by atoms with Crippen LogP contribution in [0.2, 0.25) is 10.0 Å². The molecule has 0 radical (unpaired) electrons. The van der Waals surface area contributed by atoms with Crippen molar-refractivity contribution in [3.63, 3.8) is 0 Å².